The van der Waals surface area contributed by atoms with Crippen LogP contribution in [0.1, 0.15) is 173 Å². The van der Waals surface area contributed by atoms with Crippen LogP contribution in [0, 0.1) is 10.8 Å². The second-order valence-electron chi connectivity index (χ2n) is 21.6. The number of carbonyl (C=O) groups excluding carboxylic acids is 3. The Morgan fingerprint density at radius 2 is 0.865 bits per heavy atom. The summed E-state index contributed by atoms with van der Waals surface area (Å²) in [5.41, 5.74) is 15.8. The van der Waals surface area contributed by atoms with Crippen LogP contribution in [0.3, 0.4) is 0 Å². The van der Waals surface area contributed by atoms with Gasteiger partial charge in [-0.3, -0.25) is 4.79 Å². The fourth-order valence-electron chi connectivity index (χ4n) is 13.3. The second kappa shape index (κ2) is 26.0. The molecule has 5 aromatic rings. The molecular formula is C67H82O7. The van der Waals surface area contributed by atoms with Crippen LogP contribution < -0.4 is 4.74 Å². The highest BCUT2D eigenvalue weighted by Crippen LogP contribution is 2.81. The molecule has 392 valence electrons. The zero-order chi connectivity index (χ0) is 51.8. The minimum atomic E-state index is -0.694. The lowest BCUT2D eigenvalue weighted by molar-refractivity contribution is -0.148. The van der Waals surface area contributed by atoms with E-state index >= 15 is 0 Å². The van der Waals surface area contributed by atoms with Gasteiger partial charge in [0.05, 0.1) is 13.2 Å². The minimum absolute atomic E-state index is 0.0190. The molecule has 1 spiro atoms. The largest absolute Gasteiger partial charge is 0.494 e. The summed E-state index contributed by atoms with van der Waals surface area (Å²) in [5, 5.41) is 0. The van der Waals surface area contributed by atoms with Crippen LogP contribution in [-0.2, 0) is 40.4 Å². The quantitative estimate of drug-likeness (QED) is 0.0204. The van der Waals surface area contributed by atoms with E-state index < -0.39 is 17.9 Å². The minimum Gasteiger partial charge on any atom is -0.494 e. The number of carbonyl (C=O) groups is 3. The van der Waals surface area contributed by atoms with Crippen molar-refractivity contribution in [2.45, 2.75) is 168 Å². The van der Waals surface area contributed by atoms with Gasteiger partial charge in [-0.2, -0.15) is 0 Å². The molecule has 0 amide bonds. The van der Waals surface area contributed by atoms with Gasteiger partial charge in [0.2, 0.25) is 0 Å². The molecule has 0 aromatic heterocycles. The highest BCUT2D eigenvalue weighted by atomic mass is 16.6. The van der Waals surface area contributed by atoms with Gasteiger partial charge in [-0.1, -0.05) is 176 Å². The Bertz CT molecular complexity index is 2620. The Balaban J connectivity index is 0.947. The van der Waals surface area contributed by atoms with Gasteiger partial charge in [-0.05, 0) is 161 Å². The SMILES string of the molecule is CCCCCc1ccc(-c2ccc(-c3ccc4c(c3)C3(c5cc(-c6ccc(OCCCCCCCOC(=O)/C=C/C(=O)OCCOC(C)=O)cc6)ccc5-4)C4(CCCCC)CCC3(CCCCC)CC4)cc2)cc1. The number of rotatable bonds is 29. The standard InChI is InChI=1S/C67H82O7/c1-5-8-14-19-51-20-22-52(23-21-51)53-24-26-54(27-25-53)56-30-34-59-60-35-31-57(49-62(60)67(61(59)48-56)65(38-15-9-6-2)40-42-66(67,43-41-65)39-16-10-7-3)55-28-32-58(33-29-55)72-44-17-12-11-13-18-45-73-63(69)36-37-64(70)74-47-46-71-50(4)68/h20-37,48-49H,5-19,38-47H2,1-4H3/b37-36+. The lowest BCUT2D eigenvalue weighted by Crippen LogP contribution is -2.45. The summed E-state index contributed by atoms with van der Waals surface area (Å²) in [4.78, 5) is 34.4. The maximum Gasteiger partial charge on any atom is 0.331 e. The molecule has 2 fully saturated rings. The van der Waals surface area contributed by atoms with E-state index in [1.54, 1.807) is 11.1 Å². The molecule has 2 saturated carbocycles. The van der Waals surface area contributed by atoms with Gasteiger partial charge in [0.1, 0.15) is 19.0 Å². The predicted octanol–water partition coefficient (Wildman–Crippen LogP) is 16.9. The fraction of sp³-hybridized carbons (Fsp3) is 0.478. The van der Waals surface area contributed by atoms with Crippen molar-refractivity contribution in [2.24, 2.45) is 10.8 Å². The summed E-state index contributed by atoms with van der Waals surface area (Å²) in [7, 11) is 0. The number of ether oxygens (including phenoxy) is 4. The number of aryl methyl sites for hydroxylation is 1. The summed E-state index contributed by atoms with van der Waals surface area (Å²) < 4.78 is 21.0. The first-order valence-corrected chi connectivity index (χ1v) is 28.5. The number of unbranched alkanes of at least 4 members (excludes halogenated alkanes) is 10. The Hall–Kier alpha value is -5.95. The average Bonchev–Trinajstić information content (AvgIpc) is 4.03. The lowest BCUT2D eigenvalue weighted by Gasteiger charge is -2.48. The number of benzene rings is 5. The van der Waals surface area contributed by atoms with Crippen molar-refractivity contribution >= 4 is 17.9 Å². The topological polar surface area (TPSA) is 88.1 Å². The van der Waals surface area contributed by atoms with Crippen molar-refractivity contribution in [3.05, 3.63) is 138 Å². The van der Waals surface area contributed by atoms with Crippen LogP contribution >= 0.6 is 0 Å². The molecule has 0 heterocycles. The fourth-order valence-corrected chi connectivity index (χ4v) is 13.3. The van der Waals surface area contributed by atoms with Crippen LogP contribution in [0.25, 0.3) is 44.5 Å². The average molecular weight is 999 g/mol. The number of hydrogen-bond donors (Lipinski definition) is 0. The molecule has 2 bridgehead atoms. The first-order chi connectivity index (χ1) is 36.2. The third-order valence-corrected chi connectivity index (χ3v) is 17.0. The lowest BCUT2D eigenvalue weighted by atomic mass is 9.54. The molecule has 0 saturated heterocycles. The molecule has 8 rings (SSSR count). The molecule has 7 nitrogen and oxygen atoms in total. The molecular weight excluding hydrogens is 917 g/mol. The molecule has 5 aromatic carbocycles. The monoisotopic (exact) mass is 999 g/mol. The second-order valence-corrected chi connectivity index (χ2v) is 21.6. The first-order valence-electron chi connectivity index (χ1n) is 28.5. The van der Waals surface area contributed by atoms with Crippen molar-refractivity contribution < 1.29 is 33.3 Å². The van der Waals surface area contributed by atoms with Crippen molar-refractivity contribution in [1.29, 1.82) is 0 Å². The van der Waals surface area contributed by atoms with Gasteiger partial charge in [-0.25, -0.2) is 9.59 Å². The maximum absolute atomic E-state index is 12.0. The molecule has 74 heavy (non-hydrogen) atoms. The predicted molar refractivity (Wildman–Crippen MR) is 300 cm³/mol. The van der Waals surface area contributed by atoms with E-state index in [-0.39, 0.29) is 36.1 Å². The highest BCUT2D eigenvalue weighted by molar-refractivity contribution is 5.92. The van der Waals surface area contributed by atoms with Crippen LogP contribution in [-0.4, -0.2) is 44.3 Å². The summed E-state index contributed by atoms with van der Waals surface area (Å²) >= 11 is 0. The molecule has 0 aliphatic heterocycles. The first kappa shape index (κ1) is 54.3. The molecule has 0 atom stereocenters. The van der Waals surface area contributed by atoms with Gasteiger partial charge >= 0.3 is 17.9 Å². The third kappa shape index (κ3) is 12.2. The number of hydrogen-bond acceptors (Lipinski definition) is 7. The van der Waals surface area contributed by atoms with Crippen molar-refractivity contribution in [1.82, 2.24) is 0 Å². The molecule has 0 unspecified atom stereocenters. The van der Waals surface area contributed by atoms with Crippen LogP contribution in [0.15, 0.2) is 121 Å². The van der Waals surface area contributed by atoms with Crippen molar-refractivity contribution in [3.8, 4) is 50.3 Å². The van der Waals surface area contributed by atoms with Crippen molar-refractivity contribution in [2.75, 3.05) is 26.4 Å². The summed E-state index contributed by atoms with van der Waals surface area (Å²) in [6.07, 6.45) is 27.3. The van der Waals surface area contributed by atoms with Crippen LogP contribution in [0.4, 0.5) is 0 Å². The van der Waals surface area contributed by atoms with E-state index in [2.05, 4.69) is 130 Å². The maximum atomic E-state index is 12.0. The molecule has 3 aliphatic carbocycles. The Morgan fingerprint density at radius 1 is 0.446 bits per heavy atom. The van der Waals surface area contributed by atoms with E-state index in [4.69, 9.17) is 18.9 Å². The van der Waals surface area contributed by atoms with E-state index in [1.165, 1.54) is 153 Å². The van der Waals surface area contributed by atoms with Gasteiger partial charge < -0.3 is 18.9 Å². The van der Waals surface area contributed by atoms with E-state index in [9.17, 15) is 14.4 Å². The zero-order valence-electron chi connectivity index (χ0n) is 45.1. The van der Waals surface area contributed by atoms with Gasteiger partial charge in [0, 0.05) is 24.5 Å². The van der Waals surface area contributed by atoms with Gasteiger partial charge in [0.25, 0.3) is 0 Å². The Labute approximate surface area is 442 Å². The normalized spacial score (nSPS) is 19.2. The Morgan fingerprint density at radius 3 is 1.38 bits per heavy atom. The molecule has 0 N–H and O–H groups in total. The summed E-state index contributed by atoms with van der Waals surface area (Å²) in [6, 6.07) is 42.5. The van der Waals surface area contributed by atoms with Gasteiger partial charge in [-0.15, -0.1) is 0 Å². The molecule has 3 aliphatic rings. The van der Waals surface area contributed by atoms with Crippen molar-refractivity contribution in [3.63, 3.8) is 0 Å². The summed E-state index contributed by atoms with van der Waals surface area (Å²) in [5.74, 6) is -0.843. The van der Waals surface area contributed by atoms with E-state index in [0.717, 1.165) is 56.4 Å². The van der Waals surface area contributed by atoms with Crippen LogP contribution in [0.5, 0.6) is 5.75 Å². The van der Waals surface area contributed by atoms with Crippen LogP contribution in [0.2, 0.25) is 0 Å². The van der Waals surface area contributed by atoms with Gasteiger partial charge in [0.15, 0.2) is 0 Å². The van der Waals surface area contributed by atoms with E-state index in [0.29, 0.717) is 6.61 Å². The highest BCUT2D eigenvalue weighted by Gasteiger charge is 2.74. The van der Waals surface area contributed by atoms with E-state index in [1.807, 2.05) is 0 Å². The number of esters is 3. The third-order valence-electron chi connectivity index (χ3n) is 17.0. The Kier molecular flexibility index (Phi) is 19.1. The summed E-state index contributed by atoms with van der Waals surface area (Å²) in [6.45, 7) is 9.10. The number of fused-ring (bicyclic) bond motifs is 3. The smallest absolute Gasteiger partial charge is 0.331 e. The zero-order valence-corrected chi connectivity index (χ0v) is 45.1. The molecule has 7 heteroatoms. The molecule has 0 radical (unpaired) electrons.